The van der Waals surface area contributed by atoms with Crippen molar-refractivity contribution in [2.24, 2.45) is 0 Å². The number of aryl methyl sites for hydroxylation is 1. The third kappa shape index (κ3) is 9.64. The Bertz CT molecular complexity index is 2670. The minimum Gasteiger partial charge on any atom is -0.497 e. The molecule has 1 amide bonds. The number of hydrogen-bond acceptors (Lipinski definition) is 13. The highest BCUT2D eigenvalue weighted by atomic mass is 32.7. The summed E-state index contributed by atoms with van der Waals surface area (Å²) in [6, 6.07) is 43.8. The Labute approximate surface area is 405 Å². The fourth-order valence-corrected chi connectivity index (χ4v) is 14.3. The van der Waals surface area contributed by atoms with Crippen molar-refractivity contribution >= 4 is 47.5 Å². The molecule has 0 spiro atoms. The third-order valence-corrected chi connectivity index (χ3v) is 17.7. The summed E-state index contributed by atoms with van der Waals surface area (Å²) in [6.07, 6.45) is 2.82. The summed E-state index contributed by atoms with van der Waals surface area (Å²) in [7, 11) is 1.89. The second-order valence-electron chi connectivity index (χ2n) is 16.7. The number of nitrogens with zero attached hydrogens (tertiary/aromatic N) is 3. The van der Waals surface area contributed by atoms with E-state index in [4.69, 9.17) is 28.2 Å². The molecule has 352 valence electrons. The number of benzene rings is 5. The number of ether oxygens (including phenoxy) is 5. The predicted molar refractivity (Wildman–Crippen MR) is 267 cm³/mol. The molecule has 4 atom stereocenters. The lowest BCUT2D eigenvalue weighted by molar-refractivity contribution is -0.186. The highest BCUT2D eigenvalue weighted by molar-refractivity contribution is 8.53. The zero-order valence-corrected chi connectivity index (χ0v) is 40.6. The van der Waals surface area contributed by atoms with Crippen LogP contribution in [0, 0.1) is 6.92 Å². The van der Waals surface area contributed by atoms with E-state index in [-0.39, 0.29) is 36.7 Å². The van der Waals surface area contributed by atoms with Crippen molar-refractivity contribution < 1.29 is 37.8 Å². The van der Waals surface area contributed by atoms with Gasteiger partial charge < -0.3 is 33.5 Å². The standard InChI is InChI=1S/C52H53N4O9PS2/c1-37-33-56(49(59)54-45(37)53-46(57)38-15-7-4-8-16-38)51-36-62-50(34-63-51,48(51)65-66(55-29-13-14-30-55)68-32-31-67-47(58)39-17-9-5-10-18-39)35-64-52(40-19-11-6-12-20-40,41-21-25-43(60-2)26-22-41)42-23-27-44(61-3)28-24-42/h4-12,15-28,33,48H,13-14,29-32,34-36H2,1-3H3,(H,53,54,57,59)/t48?,50-,51?,66?/m1/s1. The molecule has 3 aliphatic rings. The lowest BCUT2D eigenvalue weighted by Gasteiger charge is -2.40. The molecule has 1 N–H and O–H groups in total. The quantitative estimate of drug-likeness (QED) is 0.0469. The molecule has 4 heterocycles. The molecule has 16 heteroatoms. The monoisotopic (exact) mass is 972 g/mol. The summed E-state index contributed by atoms with van der Waals surface area (Å²) in [5, 5.41) is 2.84. The van der Waals surface area contributed by atoms with Crippen molar-refractivity contribution in [2.75, 3.05) is 64.0 Å². The molecule has 3 aliphatic heterocycles. The van der Waals surface area contributed by atoms with Crippen molar-refractivity contribution in [3.8, 4) is 11.5 Å². The Morgan fingerprint density at radius 2 is 1.34 bits per heavy atom. The van der Waals surface area contributed by atoms with Gasteiger partial charge >= 0.3 is 5.69 Å². The molecule has 0 aliphatic carbocycles. The molecule has 3 unspecified atom stereocenters. The van der Waals surface area contributed by atoms with Crippen molar-refractivity contribution in [2.45, 2.75) is 42.8 Å². The Morgan fingerprint density at radius 1 is 0.765 bits per heavy atom. The minimum atomic E-state index is -1.46. The number of nitrogens with one attached hydrogen (secondary N) is 1. The van der Waals surface area contributed by atoms with Crippen molar-refractivity contribution in [1.82, 2.24) is 14.2 Å². The summed E-state index contributed by atoms with van der Waals surface area (Å²) in [5.41, 5.74) is -0.332. The van der Waals surface area contributed by atoms with Gasteiger partial charge in [0.25, 0.3) is 5.91 Å². The molecule has 1 aromatic heterocycles. The van der Waals surface area contributed by atoms with Gasteiger partial charge in [-0.2, -0.15) is 4.98 Å². The first-order valence-electron chi connectivity index (χ1n) is 22.5. The molecule has 68 heavy (non-hydrogen) atoms. The number of hydrogen-bond donors (Lipinski definition) is 1. The van der Waals surface area contributed by atoms with Crippen LogP contribution in [0.25, 0.3) is 0 Å². The molecule has 9 rings (SSSR count). The number of fused-ring (bicyclic) bond motifs is 2. The number of carbonyl (C=O) groups excluding carboxylic acids is 2. The summed E-state index contributed by atoms with van der Waals surface area (Å²) < 4.78 is 43.8. The Morgan fingerprint density at radius 3 is 1.91 bits per heavy atom. The smallest absolute Gasteiger partial charge is 0.352 e. The van der Waals surface area contributed by atoms with Gasteiger partial charge in [-0.25, -0.2) is 4.79 Å². The number of aromatic nitrogens is 2. The summed E-state index contributed by atoms with van der Waals surface area (Å²) in [5.74, 6) is 2.36. The van der Waals surface area contributed by atoms with Gasteiger partial charge in [0.2, 0.25) is 10.8 Å². The van der Waals surface area contributed by atoms with Gasteiger partial charge in [-0.3, -0.25) is 18.8 Å². The molecular formula is C52H53N4O9PS2. The first-order chi connectivity index (χ1) is 33.2. The Hall–Kier alpha value is -5.35. The van der Waals surface area contributed by atoms with E-state index in [1.807, 2.05) is 115 Å². The van der Waals surface area contributed by atoms with Gasteiger partial charge in [-0.05, 0) is 72.9 Å². The highest BCUT2D eigenvalue weighted by Crippen LogP contribution is 2.62. The van der Waals surface area contributed by atoms with Gasteiger partial charge in [0.15, 0.2) is 7.50 Å². The first kappa shape index (κ1) is 47.7. The van der Waals surface area contributed by atoms with Gasteiger partial charge in [0.05, 0.1) is 34.0 Å². The van der Waals surface area contributed by atoms with Crippen LogP contribution in [-0.4, -0.2) is 95.6 Å². The summed E-state index contributed by atoms with van der Waals surface area (Å²) in [4.78, 5) is 45.2. The molecule has 13 nitrogen and oxygen atoms in total. The van der Waals surface area contributed by atoms with Crippen LogP contribution in [0.2, 0.25) is 0 Å². The molecule has 2 bridgehead atoms. The van der Waals surface area contributed by atoms with E-state index in [1.165, 1.54) is 16.3 Å². The highest BCUT2D eigenvalue weighted by Gasteiger charge is 2.70. The van der Waals surface area contributed by atoms with Gasteiger partial charge in [-0.1, -0.05) is 126 Å². The average Bonchev–Trinajstić information content (AvgIpc) is 4.12. The van der Waals surface area contributed by atoms with Crippen molar-refractivity contribution in [3.05, 3.63) is 190 Å². The van der Waals surface area contributed by atoms with E-state index < -0.39 is 36.2 Å². The lowest BCUT2D eigenvalue weighted by Crippen LogP contribution is -2.52. The maximum atomic E-state index is 14.5. The number of rotatable bonds is 19. The van der Waals surface area contributed by atoms with Gasteiger partial charge in [0.1, 0.15) is 34.6 Å². The molecule has 3 fully saturated rings. The van der Waals surface area contributed by atoms with Crippen molar-refractivity contribution in [1.29, 1.82) is 0 Å². The Balaban J connectivity index is 1.10. The number of methoxy groups -OCH3 is 2. The SMILES string of the molecule is COc1ccc(C(OC[C@@]23COC(n4cc(C)c(NC(=O)c5ccccc5)nc4=O)(CO2)C3OP(SCCSC(=O)c2ccccc2)N2CCCC2)(c2ccccc2)c2ccc(OC)cc2)cc1. The molecular weight excluding hydrogens is 920 g/mol. The molecule has 6 aromatic rings. The van der Waals surface area contributed by atoms with E-state index in [9.17, 15) is 14.4 Å². The fraction of sp³-hybridized carbons (Fsp3) is 0.308. The van der Waals surface area contributed by atoms with Crippen LogP contribution in [0.15, 0.2) is 151 Å². The van der Waals surface area contributed by atoms with Crippen LogP contribution in [0.3, 0.4) is 0 Å². The van der Waals surface area contributed by atoms with E-state index in [2.05, 4.69) is 15.0 Å². The second-order valence-corrected chi connectivity index (χ2v) is 21.4. The zero-order valence-electron chi connectivity index (χ0n) is 38.1. The number of thioether (sulfide) groups is 1. The van der Waals surface area contributed by atoms with E-state index >= 15 is 0 Å². The maximum absolute atomic E-state index is 14.5. The van der Waals surface area contributed by atoms with Crippen LogP contribution >= 0.6 is 30.6 Å². The third-order valence-electron chi connectivity index (χ3n) is 12.5. The zero-order chi connectivity index (χ0) is 47.1. The van der Waals surface area contributed by atoms with Crippen LogP contribution in [0.1, 0.15) is 55.8 Å². The van der Waals surface area contributed by atoms with Gasteiger partial charge in [-0.15, -0.1) is 0 Å². The fourth-order valence-electron chi connectivity index (χ4n) is 8.95. The van der Waals surface area contributed by atoms with E-state index in [0.29, 0.717) is 39.7 Å². The van der Waals surface area contributed by atoms with Crippen LogP contribution in [-0.2, 0) is 30.1 Å². The number of carbonyl (C=O) groups is 2. The topological polar surface area (TPSA) is 140 Å². The number of anilines is 1. The molecule has 5 aromatic carbocycles. The van der Waals surface area contributed by atoms with Crippen LogP contribution < -0.4 is 20.5 Å². The second kappa shape index (κ2) is 21.1. The van der Waals surface area contributed by atoms with E-state index in [0.717, 1.165) is 42.6 Å². The maximum Gasteiger partial charge on any atom is 0.352 e. The predicted octanol–water partition coefficient (Wildman–Crippen LogP) is 9.30. The summed E-state index contributed by atoms with van der Waals surface area (Å²) in [6.45, 7) is 3.42. The Kier molecular flexibility index (Phi) is 14.8. The first-order valence-corrected chi connectivity index (χ1v) is 26.3. The van der Waals surface area contributed by atoms with Crippen molar-refractivity contribution in [3.63, 3.8) is 0 Å². The van der Waals surface area contributed by atoms with Gasteiger partial charge in [0, 0.05) is 47.5 Å². The summed E-state index contributed by atoms with van der Waals surface area (Å²) >= 11 is 2.96. The largest absolute Gasteiger partial charge is 0.497 e. The van der Waals surface area contributed by atoms with Crippen LogP contribution in [0.5, 0.6) is 11.5 Å². The van der Waals surface area contributed by atoms with Crippen LogP contribution in [0.4, 0.5) is 5.82 Å². The molecule has 0 radical (unpaired) electrons. The molecule has 3 saturated heterocycles. The number of amides is 1. The average molecular weight is 973 g/mol. The minimum absolute atomic E-state index is 0.0181. The normalized spacial score (nSPS) is 20.5. The molecule has 0 saturated carbocycles. The van der Waals surface area contributed by atoms with E-state index in [1.54, 1.807) is 63.0 Å². The lowest BCUT2D eigenvalue weighted by atomic mass is 9.79.